The summed E-state index contributed by atoms with van der Waals surface area (Å²) in [6.07, 6.45) is 0. The maximum absolute atomic E-state index is 10.9. The Bertz CT molecular complexity index is 456. The largest absolute Gasteiger partial charge is 0.373 e. The van der Waals surface area contributed by atoms with Crippen molar-refractivity contribution in [3.05, 3.63) is 38.4 Å². The predicted molar refractivity (Wildman–Crippen MR) is 76.0 cm³/mol. The van der Waals surface area contributed by atoms with E-state index in [0.29, 0.717) is 13.1 Å². The number of rotatable bonds is 8. The van der Waals surface area contributed by atoms with Crippen molar-refractivity contribution in [2.24, 2.45) is 0 Å². The molecule has 0 radical (unpaired) electrons. The van der Waals surface area contributed by atoms with Crippen LogP contribution >= 0.6 is 0 Å². The fraction of sp³-hybridized carbons (Fsp3) is 0.500. The summed E-state index contributed by atoms with van der Waals surface area (Å²) in [5.41, 5.74) is -0.591. The summed E-state index contributed by atoms with van der Waals surface area (Å²) < 4.78 is 0. The van der Waals surface area contributed by atoms with Crippen LogP contribution in [0.3, 0.4) is 0 Å². The highest BCUT2D eigenvalue weighted by molar-refractivity contribution is 5.73. The topological polar surface area (TPSA) is 102 Å². The van der Waals surface area contributed by atoms with Gasteiger partial charge in [-0.05, 0) is 19.2 Å². The van der Waals surface area contributed by atoms with E-state index in [-0.39, 0.29) is 17.1 Å². The Morgan fingerprint density at radius 2 is 1.60 bits per heavy atom. The molecule has 0 amide bonds. The molecular weight excluding hydrogens is 264 g/mol. The molecule has 0 aliphatic carbocycles. The zero-order valence-corrected chi connectivity index (χ0v) is 11.5. The van der Waals surface area contributed by atoms with E-state index < -0.39 is 9.85 Å². The first-order valence-corrected chi connectivity index (χ1v) is 6.39. The third-order valence-electron chi connectivity index (χ3n) is 3.04. The molecule has 0 aliphatic rings. The average Bonchev–Trinajstić information content (AvgIpc) is 2.43. The molecule has 110 valence electrons. The zero-order chi connectivity index (χ0) is 15.1. The van der Waals surface area contributed by atoms with Crippen LogP contribution in [0.1, 0.15) is 13.8 Å². The van der Waals surface area contributed by atoms with Crippen molar-refractivity contribution >= 4 is 17.1 Å². The maximum Gasteiger partial charge on any atom is 0.299 e. The molecule has 0 bridgehead atoms. The molecule has 0 spiro atoms. The smallest absolute Gasteiger partial charge is 0.299 e. The van der Waals surface area contributed by atoms with Crippen molar-refractivity contribution in [2.75, 3.05) is 31.5 Å². The highest BCUT2D eigenvalue weighted by Gasteiger charge is 2.24. The molecule has 0 saturated carbocycles. The monoisotopic (exact) mass is 282 g/mol. The van der Waals surface area contributed by atoms with Gasteiger partial charge in [0.2, 0.25) is 0 Å². The van der Waals surface area contributed by atoms with E-state index >= 15 is 0 Å². The molecule has 1 aromatic carbocycles. The van der Waals surface area contributed by atoms with Gasteiger partial charge in [0.1, 0.15) is 0 Å². The molecule has 0 aromatic heterocycles. The Labute approximate surface area is 116 Å². The van der Waals surface area contributed by atoms with Gasteiger partial charge in [-0.2, -0.15) is 0 Å². The third-order valence-corrected chi connectivity index (χ3v) is 3.04. The number of benzene rings is 1. The summed E-state index contributed by atoms with van der Waals surface area (Å²) in [6, 6.07) is 3.82. The molecular formula is C12H18N4O4. The minimum Gasteiger partial charge on any atom is -0.373 e. The molecule has 1 N–H and O–H groups in total. The number of nitrogens with zero attached hydrogens (tertiary/aromatic N) is 3. The zero-order valence-electron chi connectivity index (χ0n) is 11.5. The van der Waals surface area contributed by atoms with Gasteiger partial charge in [-0.25, -0.2) is 0 Å². The molecule has 0 aliphatic heterocycles. The van der Waals surface area contributed by atoms with E-state index in [4.69, 9.17) is 0 Å². The Balaban J connectivity index is 2.91. The van der Waals surface area contributed by atoms with Crippen molar-refractivity contribution < 1.29 is 9.85 Å². The third kappa shape index (κ3) is 3.89. The first-order valence-electron chi connectivity index (χ1n) is 6.39. The minimum absolute atomic E-state index is 0.0327. The summed E-state index contributed by atoms with van der Waals surface area (Å²) in [6.45, 7) is 6.81. The van der Waals surface area contributed by atoms with Gasteiger partial charge in [0, 0.05) is 25.2 Å². The molecule has 0 fully saturated rings. The van der Waals surface area contributed by atoms with Crippen LogP contribution < -0.4 is 5.32 Å². The van der Waals surface area contributed by atoms with Gasteiger partial charge in [0.15, 0.2) is 5.69 Å². The number of likely N-dealkylation sites (N-methyl/N-ethyl adjacent to an activating group) is 1. The first-order chi connectivity index (χ1) is 9.51. The average molecular weight is 282 g/mol. The molecule has 20 heavy (non-hydrogen) atoms. The lowest BCUT2D eigenvalue weighted by Crippen LogP contribution is -2.28. The Hall–Kier alpha value is -2.22. The summed E-state index contributed by atoms with van der Waals surface area (Å²) in [7, 11) is 0. The SMILES string of the molecule is CCN(CC)CCNc1c([N+](=O)[O-])cccc1[N+](=O)[O-]. The van der Waals surface area contributed by atoms with Gasteiger partial charge in [0.25, 0.3) is 11.4 Å². The molecule has 0 atom stereocenters. The number of nitro benzene ring substituents is 2. The Morgan fingerprint density at radius 1 is 1.10 bits per heavy atom. The number of hydrogen-bond acceptors (Lipinski definition) is 6. The minimum atomic E-state index is -0.618. The van der Waals surface area contributed by atoms with Gasteiger partial charge in [-0.15, -0.1) is 0 Å². The lowest BCUT2D eigenvalue weighted by atomic mass is 10.2. The maximum atomic E-state index is 10.9. The van der Waals surface area contributed by atoms with Crippen LogP contribution in [0, 0.1) is 20.2 Å². The highest BCUT2D eigenvalue weighted by atomic mass is 16.6. The number of anilines is 1. The van der Waals surface area contributed by atoms with Crippen LogP contribution in [0.2, 0.25) is 0 Å². The highest BCUT2D eigenvalue weighted by Crippen LogP contribution is 2.33. The van der Waals surface area contributed by atoms with Gasteiger partial charge >= 0.3 is 0 Å². The van der Waals surface area contributed by atoms with E-state index in [1.165, 1.54) is 18.2 Å². The second-order valence-electron chi connectivity index (χ2n) is 4.14. The second kappa shape index (κ2) is 7.39. The van der Waals surface area contributed by atoms with Crippen LogP contribution in [0.25, 0.3) is 0 Å². The van der Waals surface area contributed by atoms with Crippen LogP contribution in [-0.2, 0) is 0 Å². The van der Waals surface area contributed by atoms with Crippen LogP contribution in [-0.4, -0.2) is 40.9 Å². The van der Waals surface area contributed by atoms with Crippen molar-refractivity contribution in [2.45, 2.75) is 13.8 Å². The molecule has 1 aromatic rings. The lowest BCUT2D eigenvalue weighted by molar-refractivity contribution is -0.392. The van der Waals surface area contributed by atoms with Crippen molar-refractivity contribution in [1.82, 2.24) is 4.90 Å². The van der Waals surface area contributed by atoms with Crippen molar-refractivity contribution in [1.29, 1.82) is 0 Å². The molecule has 0 heterocycles. The summed E-state index contributed by atoms with van der Waals surface area (Å²) in [5, 5.41) is 24.7. The molecule has 8 heteroatoms. The Morgan fingerprint density at radius 3 is 2.00 bits per heavy atom. The van der Waals surface area contributed by atoms with Crippen LogP contribution in [0.5, 0.6) is 0 Å². The standard InChI is InChI=1S/C12H18N4O4/c1-3-14(4-2)9-8-13-12-10(15(17)18)6-5-7-11(12)16(19)20/h5-7,13H,3-4,8-9H2,1-2H3. The van der Waals surface area contributed by atoms with Gasteiger partial charge in [0.05, 0.1) is 9.85 Å². The number of nitro groups is 2. The fourth-order valence-corrected chi connectivity index (χ4v) is 1.89. The normalized spacial score (nSPS) is 10.6. The first kappa shape index (κ1) is 15.8. The van der Waals surface area contributed by atoms with Gasteiger partial charge in [-0.3, -0.25) is 20.2 Å². The van der Waals surface area contributed by atoms with E-state index in [0.717, 1.165) is 13.1 Å². The van der Waals surface area contributed by atoms with Crippen LogP contribution in [0.4, 0.5) is 17.1 Å². The van der Waals surface area contributed by atoms with E-state index in [1.54, 1.807) is 0 Å². The fourth-order valence-electron chi connectivity index (χ4n) is 1.89. The van der Waals surface area contributed by atoms with Gasteiger partial charge in [-0.1, -0.05) is 13.8 Å². The van der Waals surface area contributed by atoms with E-state index in [1.807, 2.05) is 13.8 Å². The number of hydrogen-bond donors (Lipinski definition) is 1. The van der Waals surface area contributed by atoms with Crippen molar-refractivity contribution in [3.8, 4) is 0 Å². The summed E-state index contributed by atoms with van der Waals surface area (Å²) in [4.78, 5) is 22.8. The van der Waals surface area contributed by atoms with Crippen LogP contribution in [0.15, 0.2) is 18.2 Å². The lowest BCUT2D eigenvalue weighted by Gasteiger charge is -2.18. The van der Waals surface area contributed by atoms with E-state index in [2.05, 4.69) is 10.2 Å². The summed E-state index contributed by atoms with van der Waals surface area (Å²) in [5.74, 6) is 0. The molecule has 1 rings (SSSR count). The summed E-state index contributed by atoms with van der Waals surface area (Å²) >= 11 is 0. The Kier molecular flexibility index (Phi) is 5.85. The molecule has 0 saturated heterocycles. The number of para-hydroxylation sites is 1. The van der Waals surface area contributed by atoms with Crippen molar-refractivity contribution in [3.63, 3.8) is 0 Å². The van der Waals surface area contributed by atoms with Gasteiger partial charge < -0.3 is 10.2 Å². The molecule has 8 nitrogen and oxygen atoms in total. The van der Waals surface area contributed by atoms with E-state index in [9.17, 15) is 20.2 Å². The quantitative estimate of drug-likeness (QED) is 0.579. The predicted octanol–water partition coefficient (Wildman–Crippen LogP) is 2.26. The number of nitrogens with one attached hydrogen (secondary N) is 1. The molecule has 0 unspecified atom stereocenters. The second-order valence-corrected chi connectivity index (χ2v) is 4.14.